The van der Waals surface area contributed by atoms with E-state index in [1.807, 2.05) is 13.8 Å². The van der Waals surface area contributed by atoms with Crippen LogP contribution in [0.15, 0.2) is 24.3 Å². The molecule has 0 unspecified atom stereocenters. The Labute approximate surface area is 99.6 Å². The van der Waals surface area contributed by atoms with Gasteiger partial charge in [0.1, 0.15) is 5.78 Å². The number of carbonyl (C=O) groups is 1. The third kappa shape index (κ3) is 6.09. The van der Waals surface area contributed by atoms with Gasteiger partial charge in [-0.15, -0.1) is 0 Å². The lowest BCUT2D eigenvalue weighted by molar-refractivity contribution is -0.137. The summed E-state index contributed by atoms with van der Waals surface area (Å²) in [5.74, 6) is -0.0209. The predicted molar refractivity (Wildman–Crippen MR) is 61.8 cm³/mol. The lowest BCUT2D eigenvalue weighted by Gasteiger charge is -2.07. The van der Waals surface area contributed by atoms with Gasteiger partial charge in [-0.25, -0.2) is 0 Å². The lowest BCUT2D eigenvalue weighted by Crippen LogP contribution is -2.05. The Kier molecular flexibility index (Phi) is 6.54. The minimum Gasteiger partial charge on any atom is -0.300 e. The summed E-state index contributed by atoms with van der Waals surface area (Å²) in [5, 5.41) is 0. The van der Waals surface area contributed by atoms with Gasteiger partial charge in [0.25, 0.3) is 0 Å². The Morgan fingerprint density at radius 3 is 2.29 bits per heavy atom. The first-order valence-corrected chi connectivity index (χ1v) is 5.55. The van der Waals surface area contributed by atoms with Gasteiger partial charge in [-0.2, -0.15) is 13.2 Å². The van der Waals surface area contributed by atoms with E-state index in [1.54, 1.807) is 6.07 Å². The summed E-state index contributed by atoms with van der Waals surface area (Å²) in [6, 6.07) is 5.07. The maximum atomic E-state index is 12.3. The fraction of sp³-hybridized carbons (Fsp3) is 0.462. The molecule has 0 bridgehead atoms. The highest BCUT2D eigenvalue weighted by molar-refractivity contribution is 5.75. The highest BCUT2D eigenvalue weighted by Crippen LogP contribution is 2.29. The number of carbonyl (C=O) groups excluding carboxylic acids is 1. The second-order valence-corrected chi connectivity index (χ2v) is 3.40. The van der Waals surface area contributed by atoms with E-state index in [1.165, 1.54) is 13.0 Å². The summed E-state index contributed by atoms with van der Waals surface area (Å²) in [6.45, 7) is 5.42. The molecule has 0 N–H and O–H groups in total. The lowest BCUT2D eigenvalue weighted by atomic mass is 10.1. The van der Waals surface area contributed by atoms with Crippen molar-refractivity contribution in [1.29, 1.82) is 0 Å². The van der Waals surface area contributed by atoms with E-state index < -0.39 is 11.7 Å². The largest absolute Gasteiger partial charge is 0.416 e. The minimum absolute atomic E-state index is 0.0209. The molecule has 0 aliphatic heterocycles. The van der Waals surface area contributed by atoms with Crippen LogP contribution in [0.4, 0.5) is 13.2 Å². The molecule has 0 heterocycles. The van der Waals surface area contributed by atoms with Crippen LogP contribution in [0, 0.1) is 0 Å². The summed E-state index contributed by atoms with van der Waals surface area (Å²) < 4.78 is 36.9. The highest BCUT2D eigenvalue weighted by Gasteiger charge is 2.30. The van der Waals surface area contributed by atoms with Gasteiger partial charge in [0.2, 0.25) is 0 Å². The molecule has 17 heavy (non-hydrogen) atoms. The first-order chi connectivity index (χ1) is 7.89. The van der Waals surface area contributed by atoms with Gasteiger partial charge in [0.05, 0.1) is 5.56 Å². The fourth-order valence-corrected chi connectivity index (χ4v) is 1.22. The molecule has 0 aromatic heterocycles. The van der Waals surface area contributed by atoms with Crippen molar-refractivity contribution in [2.45, 2.75) is 39.8 Å². The predicted octanol–water partition coefficient (Wildman–Crippen LogP) is 4.25. The average Bonchev–Trinajstić information content (AvgIpc) is 2.28. The Hall–Kier alpha value is -1.32. The van der Waals surface area contributed by atoms with Crippen LogP contribution in [-0.4, -0.2) is 5.78 Å². The van der Waals surface area contributed by atoms with Crippen LogP contribution in [0.25, 0.3) is 0 Å². The molecule has 96 valence electrons. The zero-order valence-corrected chi connectivity index (χ0v) is 10.3. The van der Waals surface area contributed by atoms with Crippen LogP contribution < -0.4 is 0 Å². The van der Waals surface area contributed by atoms with Crippen LogP contribution in [0.1, 0.15) is 38.3 Å². The van der Waals surface area contributed by atoms with Crippen LogP contribution in [0.3, 0.4) is 0 Å². The fourth-order valence-electron chi connectivity index (χ4n) is 1.22. The first-order valence-electron chi connectivity index (χ1n) is 5.55. The van der Waals surface area contributed by atoms with Gasteiger partial charge in [-0.1, -0.05) is 32.0 Å². The quantitative estimate of drug-likeness (QED) is 0.779. The van der Waals surface area contributed by atoms with E-state index in [0.29, 0.717) is 12.0 Å². The molecule has 0 saturated carbocycles. The van der Waals surface area contributed by atoms with Gasteiger partial charge >= 0.3 is 6.18 Å². The maximum Gasteiger partial charge on any atom is 0.416 e. The molecule has 0 saturated heterocycles. The highest BCUT2D eigenvalue weighted by atomic mass is 19.4. The number of hydrogen-bond acceptors (Lipinski definition) is 1. The smallest absolute Gasteiger partial charge is 0.300 e. The molecule has 0 aliphatic carbocycles. The number of alkyl halides is 3. The molecule has 0 fully saturated rings. The second-order valence-electron chi connectivity index (χ2n) is 3.40. The molecule has 0 radical (unpaired) electrons. The Bertz CT molecular complexity index is 356. The van der Waals surface area contributed by atoms with E-state index in [-0.39, 0.29) is 12.2 Å². The molecule has 0 atom stereocenters. The molecular weight excluding hydrogens is 229 g/mol. The van der Waals surface area contributed by atoms with Gasteiger partial charge in [-0.3, -0.25) is 0 Å². The van der Waals surface area contributed by atoms with E-state index in [4.69, 9.17) is 0 Å². The number of rotatable bonds is 3. The zero-order chi connectivity index (χ0) is 13.5. The number of benzene rings is 1. The van der Waals surface area contributed by atoms with Gasteiger partial charge in [0, 0.05) is 6.42 Å². The third-order valence-electron chi connectivity index (χ3n) is 2.02. The van der Waals surface area contributed by atoms with Crippen molar-refractivity contribution in [3.63, 3.8) is 0 Å². The van der Waals surface area contributed by atoms with Gasteiger partial charge in [-0.05, 0) is 25.0 Å². The molecule has 0 amide bonds. The molecule has 1 rings (SSSR count). The zero-order valence-electron chi connectivity index (χ0n) is 10.3. The summed E-state index contributed by atoms with van der Waals surface area (Å²) >= 11 is 0. The van der Waals surface area contributed by atoms with Crippen molar-refractivity contribution in [1.82, 2.24) is 0 Å². The van der Waals surface area contributed by atoms with Gasteiger partial charge in [0.15, 0.2) is 0 Å². The Morgan fingerprint density at radius 1 is 1.24 bits per heavy atom. The standard InChI is InChI=1S/C11H11F3O.C2H6/c1-8(15)5-6-9-3-2-4-10(7-9)11(12,13)14;1-2/h2-4,7H,5-6H2,1H3;1-2H3. The molecule has 4 heteroatoms. The van der Waals surface area contributed by atoms with Crippen LogP contribution in [0.5, 0.6) is 0 Å². The molecular formula is C13H17F3O. The Balaban J connectivity index is 0.00000121. The molecule has 1 aromatic carbocycles. The van der Waals surface area contributed by atoms with E-state index in [9.17, 15) is 18.0 Å². The van der Waals surface area contributed by atoms with E-state index in [0.717, 1.165) is 12.1 Å². The third-order valence-corrected chi connectivity index (χ3v) is 2.02. The topological polar surface area (TPSA) is 17.1 Å². The van der Waals surface area contributed by atoms with Crippen molar-refractivity contribution < 1.29 is 18.0 Å². The van der Waals surface area contributed by atoms with Gasteiger partial charge < -0.3 is 4.79 Å². The molecule has 0 aliphatic rings. The monoisotopic (exact) mass is 246 g/mol. The SMILES string of the molecule is CC.CC(=O)CCc1cccc(C(F)(F)F)c1. The van der Waals surface area contributed by atoms with Crippen molar-refractivity contribution in [2.75, 3.05) is 0 Å². The van der Waals surface area contributed by atoms with Crippen molar-refractivity contribution in [2.24, 2.45) is 0 Å². The number of hydrogen-bond donors (Lipinski definition) is 0. The second kappa shape index (κ2) is 7.09. The number of ketones is 1. The molecule has 0 spiro atoms. The summed E-state index contributed by atoms with van der Waals surface area (Å²) in [5.41, 5.74) is -0.122. The molecule has 1 nitrogen and oxygen atoms in total. The van der Waals surface area contributed by atoms with Crippen LogP contribution in [-0.2, 0) is 17.4 Å². The van der Waals surface area contributed by atoms with Crippen molar-refractivity contribution in [3.8, 4) is 0 Å². The first kappa shape index (κ1) is 15.7. The number of halogens is 3. The van der Waals surface area contributed by atoms with Crippen molar-refractivity contribution in [3.05, 3.63) is 35.4 Å². The minimum atomic E-state index is -4.31. The van der Waals surface area contributed by atoms with Crippen LogP contribution >= 0.6 is 0 Å². The van der Waals surface area contributed by atoms with E-state index >= 15 is 0 Å². The van der Waals surface area contributed by atoms with Crippen molar-refractivity contribution >= 4 is 5.78 Å². The summed E-state index contributed by atoms with van der Waals surface area (Å²) in [6.07, 6.45) is -3.67. The normalized spacial score (nSPS) is 10.5. The summed E-state index contributed by atoms with van der Waals surface area (Å²) in [7, 11) is 0. The molecule has 1 aromatic rings. The van der Waals surface area contributed by atoms with Crippen LogP contribution in [0.2, 0.25) is 0 Å². The summed E-state index contributed by atoms with van der Waals surface area (Å²) in [4.78, 5) is 10.7. The average molecular weight is 246 g/mol. The van der Waals surface area contributed by atoms with E-state index in [2.05, 4.69) is 0 Å². The number of aryl methyl sites for hydroxylation is 1. The number of Topliss-reactive ketones (excluding diaryl/α,β-unsaturated/α-hetero) is 1. The maximum absolute atomic E-state index is 12.3. The Morgan fingerprint density at radius 2 is 1.82 bits per heavy atom.